The van der Waals surface area contributed by atoms with Gasteiger partial charge in [0.15, 0.2) is 0 Å². The molecule has 3 rings (SSSR count). The van der Waals surface area contributed by atoms with Crippen molar-refractivity contribution < 1.29 is 13.2 Å². The van der Waals surface area contributed by atoms with Gasteiger partial charge in [0.25, 0.3) is 5.91 Å². The van der Waals surface area contributed by atoms with E-state index in [1.807, 2.05) is 55.5 Å². The van der Waals surface area contributed by atoms with Crippen LogP contribution in [0, 0.1) is 6.92 Å². The van der Waals surface area contributed by atoms with Crippen molar-refractivity contribution >= 4 is 32.9 Å². The second-order valence-electron chi connectivity index (χ2n) is 6.48. The SMILES string of the molecule is Cc1cccc(/C=N/NC(=O)CN(C)S(=O)(=O)c2ccc3ccccc3c2)c1. The van der Waals surface area contributed by atoms with E-state index >= 15 is 0 Å². The lowest BCUT2D eigenvalue weighted by molar-refractivity contribution is -0.121. The molecular weight excluding hydrogens is 374 g/mol. The molecule has 144 valence electrons. The zero-order valence-corrected chi connectivity index (χ0v) is 16.5. The Morgan fingerprint density at radius 3 is 2.54 bits per heavy atom. The number of rotatable bonds is 6. The third-order valence-electron chi connectivity index (χ3n) is 4.24. The Bertz CT molecular complexity index is 1140. The summed E-state index contributed by atoms with van der Waals surface area (Å²) in [4.78, 5) is 12.2. The molecule has 0 aliphatic carbocycles. The number of aryl methyl sites for hydroxylation is 1. The van der Waals surface area contributed by atoms with Crippen molar-refractivity contribution in [2.45, 2.75) is 11.8 Å². The fourth-order valence-electron chi connectivity index (χ4n) is 2.76. The topological polar surface area (TPSA) is 78.8 Å². The van der Waals surface area contributed by atoms with Gasteiger partial charge in [0.2, 0.25) is 10.0 Å². The Hall–Kier alpha value is -3.03. The Kier molecular flexibility index (Phi) is 5.87. The number of hydrogen-bond acceptors (Lipinski definition) is 4. The van der Waals surface area contributed by atoms with E-state index in [1.165, 1.54) is 13.3 Å². The first-order valence-electron chi connectivity index (χ1n) is 8.70. The summed E-state index contributed by atoms with van der Waals surface area (Å²) in [6.07, 6.45) is 1.52. The molecule has 0 bridgehead atoms. The van der Waals surface area contributed by atoms with Gasteiger partial charge in [-0.25, -0.2) is 13.8 Å². The number of hydrogen-bond donors (Lipinski definition) is 1. The summed E-state index contributed by atoms with van der Waals surface area (Å²) in [7, 11) is -2.42. The maximum Gasteiger partial charge on any atom is 0.255 e. The Balaban J connectivity index is 1.66. The summed E-state index contributed by atoms with van der Waals surface area (Å²) in [5, 5.41) is 5.66. The van der Waals surface area contributed by atoms with Gasteiger partial charge in [0.05, 0.1) is 17.7 Å². The molecule has 3 aromatic rings. The van der Waals surface area contributed by atoms with Crippen molar-refractivity contribution in [3.8, 4) is 0 Å². The van der Waals surface area contributed by atoms with E-state index in [9.17, 15) is 13.2 Å². The maximum absolute atomic E-state index is 12.8. The van der Waals surface area contributed by atoms with E-state index in [-0.39, 0.29) is 11.4 Å². The van der Waals surface area contributed by atoms with Gasteiger partial charge in [0.1, 0.15) is 0 Å². The number of benzene rings is 3. The molecule has 1 amide bonds. The van der Waals surface area contributed by atoms with Gasteiger partial charge in [-0.2, -0.15) is 9.41 Å². The number of sulfonamides is 1. The number of fused-ring (bicyclic) bond motifs is 1. The first-order chi connectivity index (χ1) is 13.4. The monoisotopic (exact) mass is 395 g/mol. The molecule has 0 saturated heterocycles. The molecule has 0 saturated carbocycles. The van der Waals surface area contributed by atoms with E-state index in [4.69, 9.17) is 0 Å². The van der Waals surface area contributed by atoms with Crippen LogP contribution in [0.15, 0.2) is 76.7 Å². The molecule has 0 radical (unpaired) electrons. The highest BCUT2D eigenvalue weighted by Crippen LogP contribution is 2.21. The molecule has 7 heteroatoms. The number of hydrazone groups is 1. The highest BCUT2D eigenvalue weighted by atomic mass is 32.2. The summed E-state index contributed by atoms with van der Waals surface area (Å²) in [5.74, 6) is -0.518. The van der Waals surface area contributed by atoms with Gasteiger partial charge >= 0.3 is 0 Å². The Labute approximate surface area is 164 Å². The summed E-state index contributed by atoms with van der Waals surface area (Å²) in [6.45, 7) is 1.63. The van der Waals surface area contributed by atoms with E-state index in [2.05, 4.69) is 10.5 Å². The normalized spacial score (nSPS) is 12.0. The third kappa shape index (κ3) is 4.62. The first-order valence-corrected chi connectivity index (χ1v) is 10.1. The second kappa shape index (κ2) is 8.33. The van der Waals surface area contributed by atoms with Crippen LogP contribution in [0.2, 0.25) is 0 Å². The van der Waals surface area contributed by atoms with Crippen LogP contribution in [-0.2, 0) is 14.8 Å². The van der Waals surface area contributed by atoms with Crippen LogP contribution in [0.3, 0.4) is 0 Å². The summed E-state index contributed by atoms with van der Waals surface area (Å²) < 4.78 is 26.5. The highest BCUT2D eigenvalue weighted by molar-refractivity contribution is 7.89. The van der Waals surface area contributed by atoms with E-state index in [0.717, 1.165) is 26.2 Å². The average Bonchev–Trinajstić information content (AvgIpc) is 2.67. The van der Waals surface area contributed by atoms with Gasteiger partial charge < -0.3 is 0 Å². The molecule has 1 N–H and O–H groups in total. The summed E-state index contributed by atoms with van der Waals surface area (Å²) in [5.41, 5.74) is 4.28. The first kappa shape index (κ1) is 19.7. The molecule has 0 fully saturated rings. The van der Waals surface area contributed by atoms with Crippen molar-refractivity contribution in [2.24, 2.45) is 5.10 Å². The minimum Gasteiger partial charge on any atom is -0.272 e. The smallest absolute Gasteiger partial charge is 0.255 e. The van der Waals surface area contributed by atoms with Crippen molar-refractivity contribution in [1.82, 2.24) is 9.73 Å². The minimum absolute atomic E-state index is 0.143. The lowest BCUT2D eigenvalue weighted by Gasteiger charge is -2.16. The number of carbonyl (C=O) groups is 1. The highest BCUT2D eigenvalue weighted by Gasteiger charge is 2.23. The minimum atomic E-state index is -3.79. The molecule has 0 atom stereocenters. The molecule has 0 spiro atoms. The number of likely N-dealkylation sites (N-methyl/N-ethyl adjacent to an activating group) is 1. The van der Waals surface area contributed by atoms with Crippen molar-refractivity contribution in [3.05, 3.63) is 77.9 Å². The van der Waals surface area contributed by atoms with Gasteiger partial charge in [-0.15, -0.1) is 0 Å². The number of carbonyl (C=O) groups excluding carboxylic acids is 1. The van der Waals surface area contributed by atoms with Gasteiger partial charge in [0, 0.05) is 7.05 Å². The van der Waals surface area contributed by atoms with E-state index in [1.54, 1.807) is 18.2 Å². The average molecular weight is 395 g/mol. The van der Waals surface area contributed by atoms with E-state index in [0.29, 0.717) is 0 Å². The van der Waals surface area contributed by atoms with Crippen LogP contribution in [0.1, 0.15) is 11.1 Å². The Morgan fingerprint density at radius 2 is 1.79 bits per heavy atom. The number of nitrogens with one attached hydrogen (secondary N) is 1. The lowest BCUT2D eigenvalue weighted by atomic mass is 10.1. The van der Waals surface area contributed by atoms with Crippen molar-refractivity contribution in [2.75, 3.05) is 13.6 Å². The molecule has 0 aliphatic heterocycles. The van der Waals surface area contributed by atoms with Crippen LogP contribution < -0.4 is 5.43 Å². The molecule has 0 unspecified atom stereocenters. The third-order valence-corrected chi connectivity index (χ3v) is 6.04. The largest absolute Gasteiger partial charge is 0.272 e. The van der Waals surface area contributed by atoms with Crippen LogP contribution in [0.5, 0.6) is 0 Å². The number of amides is 1. The molecule has 3 aromatic carbocycles. The fourth-order valence-corrected chi connectivity index (χ4v) is 3.92. The molecule has 6 nitrogen and oxygen atoms in total. The van der Waals surface area contributed by atoms with Crippen LogP contribution >= 0.6 is 0 Å². The van der Waals surface area contributed by atoms with Gasteiger partial charge in [-0.3, -0.25) is 4.79 Å². The van der Waals surface area contributed by atoms with Gasteiger partial charge in [-0.1, -0.05) is 60.2 Å². The van der Waals surface area contributed by atoms with Crippen LogP contribution in [0.25, 0.3) is 10.8 Å². The fraction of sp³-hybridized carbons (Fsp3) is 0.143. The predicted molar refractivity (Wildman–Crippen MR) is 111 cm³/mol. The van der Waals surface area contributed by atoms with Crippen LogP contribution in [-0.4, -0.2) is 38.4 Å². The molecule has 0 heterocycles. The summed E-state index contributed by atoms with van der Waals surface area (Å²) >= 11 is 0. The Morgan fingerprint density at radius 1 is 1.04 bits per heavy atom. The maximum atomic E-state index is 12.8. The lowest BCUT2D eigenvalue weighted by Crippen LogP contribution is -2.36. The number of nitrogens with zero attached hydrogens (tertiary/aromatic N) is 2. The predicted octanol–water partition coefficient (Wildman–Crippen LogP) is 2.92. The zero-order chi connectivity index (χ0) is 20.1. The molecule has 0 aliphatic rings. The van der Waals surface area contributed by atoms with Crippen LogP contribution in [0.4, 0.5) is 0 Å². The van der Waals surface area contributed by atoms with Crippen molar-refractivity contribution in [1.29, 1.82) is 0 Å². The zero-order valence-electron chi connectivity index (χ0n) is 15.7. The van der Waals surface area contributed by atoms with Gasteiger partial charge in [-0.05, 0) is 35.4 Å². The van der Waals surface area contributed by atoms with Crippen molar-refractivity contribution in [3.63, 3.8) is 0 Å². The molecule has 0 aromatic heterocycles. The molecular formula is C21H21N3O3S. The second-order valence-corrected chi connectivity index (χ2v) is 8.52. The quantitative estimate of drug-likeness (QED) is 0.515. The molecule has 28 heavy (non-hydrogen) atoms. The van der Waals surface area contributed by atoms with E-state index < -0.39 is 15.9 Å². The summed E-state index contributed by atoms with van der Waals surface area (Å²) in [6, 6.07) is 20.0. The standard InChI is InChI=1S/C21H21N3O3S/c1-16-6-5-7-17(12-16)14-22-23-21(25)15-24(2)28(26,27)20-11-10-18-8-3-4-9-19(18)13-20/h3-14H,15H2,1-2H3,(H,23,25)/b22-14+.